The molecule has 0 saturated carbocycles. The Morgan fingerprint density at radius 1 is 1.12 bits per heavy atom. The highest BCUT2D eigenvalue weighted by Gasteiger charge is 2.27. The highest BCUT2D eigenvalue weighted by atomic mass is 16.5. The van der Waals surface area contributed by atoms with Gasteiger partial charge in [0, 0.05) is 25.1 Å². The molecule has 0 amide bonds. The Morgan fingerprint density at radius 2 is 2.04 bits per heavy atom. The maximum absolute atomic E-state index is 5.42. The summed E-state index contributed by atoms with van der Waals surface area (Å²) in [6, 6.07) is 1.71. The molecule has 5 rings (SSSR count). The number of anilines is 1. The van der Waals surface area contributed by atoms with Crippen LogP contribution in [0.2, 0.25) is 0 Å². The summed E-state index contributed by atoms with van der Waals surface area (Å²) in [5.74, 6) is 2.19. The Labute approximate surface area is 140 Å². The van der Waals surface area contributed by atoms with Crippen molar-refractivity contribution in [1.82, 2.24) is 40.3 Å². The molecule has 0 aromatic carbocycles. The molecule has 0 radical (unpaired) electrons. The topological polar surface area (TPSA) is 124 Å². The number of tetrazole rings is 1. The zero-order valence-electron chi connectivity index (χ0n) is 13.1. The van der Waals surface area contributed by atoms with Crippen LogP contribution in [0.5, 0.6) is 0 Å². The number of aromatic nitrogens is 8. The quantitative estimate of drug-likeness (QED) is 0.532. The fourth-order valence-electron chi connectivity index (χ4n) is 3.07. The van der Waals surface area contributed by atoms with Crippen LogP contribution in [0.25, 0.3) is 17.2 Å². The first-order valence-corrected chi connectivity index (χ1v) is 7.90. The average molecular weight is 339 g/mol. The van der Waals surface area contributed by atoms with Crippen LogP contribution in [0.1, 0.15) is 24.7 Å². The molecule has 0 unspecified atom stereocenters. The van der Waals surface area contributed by atoms with Crippen LogP contribution in [0.3, 0.4) is 0 Å². The zero-order chi connectivity index (χ0) is 16.6. The van der Waals surface area contributed by atoms with E-state index in [0.717, 1.165) is 31.7 Å². The Hall–Kier alpha value is -3.37. The van der Waals surface area contributed by atoms with Crippen LogP contribution < -0.4 is 4.90 Å². The average Bonchev–Trinajstić information content (AvgIpc) is 3.42. The standard InChI is InChI=1S/C14H13N9O2/c1-4-22(12-8-15-7-11-17-20-21-23(11)12)5-2-9(1)14-16-13(19-25-14)10-3-6-24-18-10/h3,6-9H,1-2,4-5H2. The second-order valence-corrected chi connectivity index (χ2v) is 5.82. The first-order valence-electron chi connectivity index (χ1n) is 7.90. The molecule has 0 atom stereocenters. The molecule has 1 fully saturated rings. The predicted octanol–water partition coefficient (Wildman–Crippen LogP) is 0.941. The van der Waals surface area contributed by atoms with Crippen molar-refractivity contribution in [1.29, 1.82) is 0 Å². The van der Waals surface area contributed by atoms with E-state index in [1.165, 1.54) is 6.26 Å². The summed E-state index contributed by atoms with van der Waals surface area (Å²) < 4.78 is 11.9. The lowest BCUT2D eigenvalue weighted by Gasteiger charge is -2.31. The lowest BCUT2D eigenvalue weighted by molar-refractivity contribution is 0.328. The Bertz CT molecular complexity index is 985. The van der Waals surface area contributed by atoms with Crippen molar-refractivity contribution in [3.8, 4) is 11.5 Å². The van der Waals surface area contributed by atoms with Gasteiger partial charge in [-0.1, -0.05) is 10.3 Å². The molecule has 126 valence electrons. The Morgan fingerprint density at radius 3 is 2.88 bits per heavy atom. The lowest BCUT2D eigenvalue weighted by atomic mass is 9.97. The number of piperidine rings is 1. The van der Waals surface area contributed by atoms with Gasteiger partial charge in [-0.3, -0.25) is 4.98 Å². The van der Waals surface area contributed by atoms with Crippen molar-refractivity contribution in [3.05, 3.63) is 30.6 Å². The van der Waals surface area contributed by atoms with Gasteiger partial charge >= 0.3 is 0 Å². The SMILES string of the molecule is c1cc(-c2noc(C3CCN(c4cncc5nnnn45)CC3)n2)no1. The van der Waals surface area contributed by atoms with Gasteiger partial charge < -0.3 is 13.9 Å². The molecule has 4 aromatic heterocycles. The van der Waals surface area contributed by atoms with Gasteiger partial charge in [0.2, 0.25) is 11.7 Å². The molecule has 25 heavy (non-hydrogen) atoms. The minimum Gasteiger partial charge on any atom is -0.364 e. The van der Waals surface area contributed by atoms with Crippen LogP contribution in [-0.2, 0) is 0 Å². The Balaban J connectivity index is 1.32. The monoisotopic (exact) mass is 339 g/mol. The van der Waals surface area contributed by atoms with Crippen molar-refractivity contribution in [2.45, 2.75) is 18.8 Å². The van der Waals surface area contributed by atoms with Gasteiger partial charge in [0.1, 0.15) is 6.26 Å². The van der Waals surface area contributed by atoms with E-state index in [4.69, 9.17) is 9.05 Å². The van der Waals surface area contributed by atoms with Crippen LogP contribution in [0.4, 0.5) is 5.82 Å². The third kappa shape index (κ3) is 2.40. The third-order valence-corrected chi connectivity index (χ3v) is 4.37. The van der Waals surface area contributed by atoms with Crippen molar-refractivity contribution in [2.75, 3.05) is 18.0 Å². The minimum absolute atomic E-state index is 0.213. The van der Waals surface area contributed by atoms with E-state index in [0.29, 0.717) is 23.1 Å². The van der Waals surface area contributed by atoms with Gasteiger partial charge in [-0.15, -0.1) is 5.10 Å². The molecule has 11 nitrogen and oxygen atoms in total. The molecule has 0 bridgehead atoms. The molecule has 1 aliphatic heterocycles. The predicted molar refractivity (Wildman–Crippen MR) is 82.6 cm³/mol. The van der Waals surface area contributed by atoms with E-state index >= 15 is 0 Å². The van der Waals surface area contributed by atoms with Crippen molar-refractivity contribution < 1.29 is 9.05 Å². The fraction of sp³-hybridized carbons (Fsp3) is 0.357. The summed E-state index contributed by atoms with van der Waals surface area (Å²) in [4.78, 5) is 10.9. The zero-order valence-corrected chi connectivity index (χ0v) is 13.1. The normalized spacial score (nSPS) is 15.9. The van der Waals surface area contributed by atoms with Crippen LogP contribution in [0, 0.1) is 0 Å². The number of nitrogens with zero attached hydrogens (tertiary/aromatic N) is 9. The van der Waals surface area contributed by atoms with E-state index in [2.05, 4.69) is 40.7 Å². The first kappa shape index (κ1) is 14.0. The van der Waals surface area contributed by atoms with Gasteiger partial charge in [0.25, 0.3) is 0 Å². The van der Waals surface area contributed by atoms with Crippen LogP contribution in [0.15, 0.2) is 33.8 Å². The first-order chi connectivity index (χ1) is 12.4. The second kappa shape index (κ2) is 5.61. The molecular formula is C14H13N9O2. The molecule has 1 aliphatic rings. The fourth-order valence-corrected chi connectivity index (χ4v) is 3.07. The van der Waals surface area contributed by atoms with Crippen LogP contribution in [-0.4, -0.2) is 53.4 Å². The molecule has 4 aromatic rings. The van der Waals surface area contributed by atoms with E-state index in [-0.39, 0.29) is 5.92 Å². The van der Waals surface area contributed by atoms with Gasteiger partial charge in [-0.05, 0) is 23.3 Å². The summed E-state index contributed by atoms with van der Waals surface area (Å²) in [6.45, 7) is 1.65. The molecule has 11 heteroatoms. The molecule has 0 aliphatic carbocycles. The van der Waals surface area contributed by atoms with Gasteiger partial charge in [0.15, 0.2) is 17.2 Å². The summed E-state index contributed by atoms with van der Waals surface area (Å²) >= 11 is 0. The number of rotatable bonds is 3. The summed E-state index contributed by atoms with van der Waals surface area (Å²) in [6.07, 6.45) is 6.68. The van der Waals surface area contributed by atoms with Crippen molar-refractivity contribution in [3.63, 3.8) is 0 Å². The number of fused-ring (bicyclic) bond motifs is 1. The molecule has 0 N–H and O–H groups in total. The largest absolute Gasteiger partial charge is 0.364 e. The minimum atomic E-state index is 0.213. The maximum atomic E-state index is 5.42. The molecule has 1 saturated heterocycles. The van der Waals surface area contributed by atoms with Gasteiger partial charge in [-0.25, -0.2) is 0 Å². The molecular weight excluding hydrogens is 326 g/mol. The number of hydrogen-bond acceptors (Lipinski definition) is 10. The highest BCUT2D eigenvalue weighted by molar-refractivity contribution is 5.47. The van der Waals surface area contributed by atoms with Crippen LogP contribution >= 0.6 is 0 Å². The Kier molecular flexibility index (Phi) is 3.15. The molecule has 0 spiro atoms. The van der Waals surface area contributed by atoms with E-state index in [1.54, 1.807) is 23.0 Å². The molecule has 5 heterocycles. The third-order valence-electron chi connectivity index (χ3n) is 4.37. The highest BCUT2D eigenvalue weighted by Crippen LogP contribution is 2.30. The lowest BCUT2D eigenvalue weighted by Crippen LogP contribution is -2.34. The van der Waals surface area contributed by atoms with Crippen molar-refractivity contribution in [2.24, 2.45) is 0 Å². The van der Waals surface area contributed by atoms with E-state index < -0.39 is 0 Å². The van der Waals surface area contributed by atoms with E-state index in [9.17, 15) is 0 Å². The second-order valence-electron chi connectivity index (χ2n) is 5.82. The summed E-state index contributed by atoms with van der Waals surface area (Å²) in [7, 11) is 0. The number of hydrogen-bond donors (Lipinski definition) is 0. The summed E-state index contributed by atoms with van der Waals surface area (Å²) in [5.41, 5.74) is 1.21. The van der Waals surface area contributed by atoms with E-state index in [1.807, 2.05) is 0 Å². The smallest absolute Gasteiger partial charge is 0.230 e. The van der Waals surface area contributed by atoms with Crippen molar-refractivity contribution >= 4 is 11.5 Å². The summed E-state index contributed by atoms with van der Waals surface area (Å²) in [5, 5.41) is 19.5. The van der Waals surface area contributed by atoms with Gasteiger partial charge in [0.05, 0.1) is 12.4 Å². The van der Waals surface area contributed by atoms with Gasteiger partial charge in [-0.2, -0.15) is 9.50 Å². The maximum Gasteiger partial charge on any atom is 0.230 e.